The van der Waals surface area contributed by atoms with E-state index in [-0.39, 0.29) is 0 Å². The minimum absolute atomic E-state index is 0.297. The Morgan fingerprint density at radius 1 is 1.00 bits per heavy atom. The smallest absolute Gasteiger partial charge is 0.232 e. The lowest BCUT2D eigenvalue weighted by Gasteiger charge is -2.24. The molecule has 11 heteroatoms. The average molecular weight is 482 g/mol. The van der Waals surface area contributed by atoms with Gasteiger partial charge < -0.3 is 36.0 Å². The summed E-state index contributed by atoms with van der Waals surface area (Å²) in [6, 6.07) is 7.37. The number of likely N-dealkylation sites (N-methyl/N-ethyl adjacent to an activating group) is 2. The summed E-state index contributed by atoms with van der Waals surface area (Å²) in [5.74, 6) is 1.21. The molecule has 188 valence electrons. The molecule has 3 aromatic rings. The summed E-state index contributed by atoms with van der Waals surface area (Å²) in [7, 11) is 7.66. The Balaban J connectivity index is 1.85. The van der Waals surface area contributed by atoms with Crippen molar-refractivity contribution in [1.29, 1.82) is 0 Å². The Kier molecular flexibility index (Phi) is 7.92. The number of methoxy groups -OCH3 is 1. The van der Waals surface area contributed by atoms with Crippen molar-refractivity contribution in [3.63, 3.8) is 0 Å². The van der Waals surface area contributed by atoms with Gasteiger partial charge in [-0.15, -0.1) is 0 Å². The number of aliphatic hydroxyl groups is 1. The van der Waals surface area contributed by atoms with Crippen molar-refractivity contribution in [2.75, 3.05) is 62.6 Å². The van der Waals surface area contributed by atoms with Crippen molar-refractivity contribution < 1.29 is 9.84 Å². The van der Waals surface area contributed by atoms with Crippen LogP contribution in [0.4, 0.5) is 34.6 Å². The number of nitrogens with zero attached hydrogens (tertiary/aromatic N) is 6. The number of aryl methyl sites for hydroxylation is 1. The predicted octanol–water partition coefficient (Wildman–Crippen LogP) is 2.88. The van der Waals surface area contributed by atoms with Crippen LogP contribution in [-0.2, 0) is 5.60 Å². The monoisotopic (exact) mass is 481 g/mol. The third kappa shape index (κ3) is 6.67. The summed E-state index contributed by atoms with van der Waals surface area (Å²) >= 11 is 0. The first-order valence-corrected chi connectivity index (χ1v) is 11.2. The number of rotatable bonds is 10. The second-order valence-corrected chi connectivity index (χ2v) is 9.13. The molecule has 11 nitrogen and oxygen atoms in total. The molecule has 0 saturated carbocycles. The van der Waals surface area contributed by atoms with Crippen LogP contribution in [0.15, 0.2) is 30.6 Å². The van der Waals surface area contributed by atoms with Crippen molar-refractivity contribution in [1.82, 2.24) is 24.8 Å². The molecular weight excluding hydrogens is 446 g/mol. The van der Waals surface area contributed by atoms with E-state index >= 15 is 0 Å². The zero-order valence-corrected chi connectivity index (χ0v) is 21.4. The van der Waals surface area contributed by atoms with Crippen molar-refractivity contribution in [3.05, 3.63) is 42.0 Å². The fourth-order valence-electron chi connectivity index (χ4n) is 3.44. The number of hydrogen-bond acceptors (Lipinski definition) is 11. The highest BCUT2D eigenvalue weighted by molar-refractivity contribution is 5.79. The standard InChI is InChI=1S/C24H35N9O2/c1-15-8-9-17(21(28-15)24(2,3)34)29-22-26-14-27-23(31-22)30-18-12-16(25)19(13-20(18)35-7)33(6)11-10-32(4)5/h8-9,12-14,34H,10-11,25H2,1-7H3,(H2,26,27,29,30,31). The normalized spacial score (nSPS) is 11.5. The molecule has 0 aliphatic rings. The molecule has 1 aromatic carbocycles. The van der Waals surface area contributed by atoms with Gasteiger partial charge in [-0.3, -0.25) is 4.98 Å². The van der Waals surface area contributed by atoms with Crippen molar-refractivity contribution in [2.24, 2.45) is 0 Å². The highest BCUT2D eigenvalue weighted by Crippen LogP contribution is 2.36. The molecule has 0 radical (unpaired) electrons. The number of nitrogen functional groups attached to an aromatic ring is 1. The number of hydrogen-bond donors (Lipinski definition) is 4. The highest BCUT2D eigenvalue weighted by Gasteiger charge is 2.23. The lowest BCUT2D eigenvalue weighted by Crippen LogP contribution is -2.29. The molecule has 0 bridgehead atoms. The molecule has 0 saturated heterocycles. The van der Waals surface area contributed by atoms with Gasteiger partial charge in [0.05, 0.1) is 35.6 Å². The maximum absolute atomic E-state index is 10.5. The molecule has 0 aliphatic heterocycles. The van der Waals surface area contributed by atoms with E-state index in [1.807, 2.05) is 46.3 Å². The van der Waals surface area contributed by atoms with Gasteiger partial charge in [0.1, 0.15) is 17.7 Å². The number of benzene rings is 1. The summed E-state index contributed by atoms with van der Waals surface area (Å²) < 4.78 is 5.60. The van der Waals surface area contributed by atoms with Crippen LogP contribution in [0.5, 0.6) is 5.75 Å². The quantitative estimate of drug-likeness (QED) is 0.318. The van der Waals surface area contributed by atoms with Crippen LogP contribution in [0.3, 0.4) is 0 Å². The van der Waals surface area contributed by atoms with Gasteiger partial charge in [0.2, 0.25) is 11.9 Å². The third-order valence-corrected chi connectivity index (χ3v) is 5.32. The largest absolute Gasteiger partial charge is 0.494 e. The van der Waals surface area contributed by atoms with Gasteiger partial charge in [-0.25, -0.2) is 9.97 Å². The van der Waals surface area contributed by atoms with Gasteiger partial charge in [0, 0.05) is 31.9 Å². The maximum Gasteiger partial charge on any atom is 0.232 e. The first-order chi connectivity index (χ1) is 16.5. The van der Waals surface area contributed by atoms with E-state index in [9.17, 15) is 5.11 Å². The molecule has 0 fully saturated rings. The molecule has 2 aromatic heterocycles. The average Bonchev–Trinajstić information content (AvgIpc) is 2.78. The van der Waals surface area contributed by atoms with E-state index < -0.39 is 5.60 Å². The van der Waals surface area contributed by atoms with Crippen molar-refractivity contribution in [2.45, 2.75) is 26.4 Å². The van der Waals surface area contributed by atoms with E-state index in [0.717, 1.165) is 24.5 Å². The van der Waals surface area contributed by atoms with E-state index in [2.05, 4.69) is 40.4 Å². The first kappa shape index (κ1) is 25.9. The summed E-state index contributed by atoms with van der Waals surface area (Å²) in [5.41, 5.74) is 9.21. The number of ether oxygens (including phenoxy) is 1. The zero-order valence-electron chi connectivity index (χ0n) is 21.4. The molecule has 0 spiro atoms. The highest BCUT2D eigenvalue weighted by atomic mass is 16.5. The zero-order chi connectivity index (χ0) is 25.8. The topological polar surface area (TPSA) is 138 Å². The second-order valence-electron chi connectivity index (χ2n) is 9.13. The SMILES string of the molecule is COc1cc(N(C)CCN(C)C)c(N)cc1Nc1ncnc(Nc2ccc(C)nc2C(C)(C)O)n1. The Hall–Kier alpha value is -3.70. The van der Waals surface area contributed by atoms with Gasteiger partial charge in [0.15, 0.2) is 0 Å². The molecule has 0 unspecified atom stereocenters. The maximum atomic E-state index is 10.5. The molecule has 0 atom stereocenters. The lowest BCUT2D eigenvalue weighted by molar-refractivity contribution is 0.0745. The number of nitrogens with two attached hydrogens (primary N) is 1. The Morgan fingerprint density at radius 2 is 1.66 bits per heavy atom. The third-order valence-electron chi connectivity index (χ3n) is 5.32. The Morgan fingerprint density at radius 3 is 2.26 bits per heavy atom. The number of aromatic nitrogens is 4. The van der Waals surface area contributed by atoms with Crippen LogP contribution in [-0.4, -0.2) is 71.3 Å². The van der Waals surface area contributed by atoms with Crippen LogP contribution in [0.1, 0.15) is 25.2 Å². The molecular formula is C24H35N9O2. The van der Waals surface area contributed by atoms with Gasteiger partial charge in [-0.2, -0.15) is 4.98 Å². The van der Waals surface area contributed by atoms with E-state index in [4.69, 9.17) is 10.5 Å². The molecule has 0 amide bonds. The number of pyridine rings is 1. The van der Waals surface area contributed by atoms with Crippen LogP contribution in [0.2, 0.25) is 0 Å². The van der Waals surface area contributed by atoms with E-state index in [0.29, 0.717) is 40.4 Å². The molecule has 5 N–H and O–H groups in total. The van der Waals surface area contributed by atoms with Gasteiger partial charge in [0.25, 0.3) is 0 Å². The van der Waals surface area contributed by atoms with Crippen molar-refractivity contribution >= 4 is 34.6 Å². The summed E-state index contributed by atoms with van der Waals surface area (Å²) in [5, 5.41) is 16.8. The predicted molar refractivity (Wildman–Crippen MR) is 140 cm³/mol. The van der Waals surface area contributed by atoms with Crippen LogP contribution in [0, 0.1) is 6.92 Å². The summed E-state index contributed by atoms with van der Waals surface area (Å²) in [6.07, 6.45) is 1.39. The fourth-order valence-corrected chi connectivity index (χ4v) is 3.44. The van der Waals surface area contributed by atoms with Crippen LogP contribution >= 0.6 is 0 Å². The fraction of sp³-hybridized carbons (Fsp3) is 0.417. The lowest BCUT2D eigenvalue weighted by atomic mass is 10.0. The summed E-state index contributed by atoms with van der Waals surface area (Å²) in [6.45, 7) is 6.94. The van der Waals surface area contributed by atoms with Crippen molar-refractivity contribution in [3.8, 4) is 5.75 Å². The Bertz CT molecular complexity index is 1160. The van der Waals surface area contributed by atoms with Gasteiger partial charge in [-0.1, -0.05) is 0 Å². The summed E-state index contributed by atoms with van der Waals surface area (Å²) in [4.78, 5) is 21.6. The van der Waals surface area contributed by atoms with E-state index in [1.54, 1.807) is 27.0 Å². The first-order valence-electron chi connectivity index (χ1n) is 11.2. The van der Waals surface area contributed by atoms with E-state index in [1.165, 1.54) is 6.33 Å². The second kappa shape index (κ2) is 10.7. The molecule has 0 aliphatic carbocycles. The molecule has 35 heavy (non-hydrogen) atoms. The number of anilines is 6. The minimum atomic E-state index is -1.14. The van der Waals surface area contributed by atoms with Crippen LogP contribution < -0.4 is 26.0 Å². The number of nitrogens with one attached hydrogen (secondary N) is 2. The van der Waals surface area contributed by atoms with Crippen LogP contribution in [0.25, 0.3) is 0 Å². The minimum Gasteiger partial charge on any atom is -0.494 e. The Labute approximate surface area is 206 Å². The van der Waals surface area contributed by atoms with Gasteiger partial charge in [-0.05, 0) is 53.1 Å². The molecule has 2 heterocycles. The molecule has 3 rings (SSSR count). The van der Waals surface area contributed by atoms with Gasteiger partial charge >= 0.3 is 0 Å².